The van der Waals surface area contributed by atoms with Gasteiger partial charge in [0.25, 0.3) is 0 Å². The van der Waals surface area contributed by atoms with E-state index in [0.29, 0.717) is 6.42 Å². The number of carbonyl (C=O) groups excluding carboxylic acids is 2. The van der Waals surface area contributed by atoms with E-state index >= 15 is 0 Å². The molecule has 4 N–H and O–H groups in total. The lowest BCUT2D eigenvalue weighted by molar-refractivity contribution is -0.143. The summed E-state index contributed by atoms with van der Waals surface area (Å²) in [6.45, 7) is 2.27. The maximum atomic E-state index is 11.8. The van der Waals surface area contributed by atoms with E-state index in [1.165, 1.54) is 103 Å². The molecule has 2 amide bonds. The van der Waals surface area contributed by atoms with E-state index in [4.69, 9.17) is 10.8 Å². The Kier molecular flexibility index (Phi) is 21.5. The van der Waals surface area contributed by atoms with Gasteiger partial charge >= 0.3 is 5.97 Å². The van der Waals surface area contributed by atoms with Crippen LogP contribution >= 0.6 is 0 Å². The Morgan fingerprint density at radius 1 is 0.656 bits per heavy atom. The predicted molar refractivity (Wildman–Crippen MR) is 131 cm³/mol. The molecule has 0 aliphatic carbocycles. The fourth-order valence-corrected chi connectivity index (χ4v) is 4.03. The van der Waals surface area contributed by atoms with Crippen molar-refractivity contribution in [2.45, 2.75) is 148 Å². The number of nitrogens with two attached hydrogens (primary N) is 1. The first-order valence-corrected chi connectivity index (χ1v) is 13.3. The SMILES string of the molecule is CCCCCCCCCCCCCCCCCCCCCC(=O)N[C@@H](CC(N)=O)C(=O)O. The molecule has 0 unspecified atom stereocenters. The number of carboxylic acids is 1. The number of unbranched alkanes of at least 4 members (excludes halogenated alkanes) is 18. The van der Waals surface area contributed by atoms with E-state index in [1.54, 1.807) is 0 Å². The average molecular weight is 455 g/mol. The molecule has 0 aromatic heterocycles. The quantitative estimate of drug-likeness (QED) is 0.150. The van der Waals surface area contributed by atoms with Crippen LogP contribution in [0, 0.1) is 0 Å². The molecule has 0 fully saturated rings. The molecular weight excluding hydrogens is 404 g/mol. The van der Waals surface area contributed by atoms with Gasteiger partial charge in [-0.1, -0.05) is 122 Å². The van der Waals surface area contributed by atoms with Gasteiger partial charge in [0.15, 0.2) is 0 Å². The summed E-state index contributed by atoms with van der Waals surface area (Å²) < 4.78 is 0. The van der Waals surface area contributed by atoms with Crippen molar-refractivity contribution in [3.05, 3.63) is 0 Å². The molecule has 0 aromatic carbocycles. The van der Waals surface area contributed by atoms with Crippen LogP contribution < -0.4 is 11.1 Å². The van der Waals surface area contributed by atoms with Crippen LogP contribution in [0.2, 0.25) is 0 Å². The second-order valence-electron chi connectivity index (χ2n) is 9.24. The van der Waals surface area contributed by atoms with Crippen LogP contribution in [0.5, 0.6) is 0 Å². The summed E-state index contributed by atoms with van der Waals surface area (Å²) in [6.07, 6.45) is 24.6. The van der Waals surface area contributed by atoms with Crippen LogP contribution in [0.4, 0.5) is 0 Å². The van der Waals surface area contributed by atoms with Gasteiger partial charge in [-0.25, -0.2) is 4.79 Å². The standard InChI is InChI=1S/C26H50N2O4/c1-2-3-4-5-6-7-8-9-10-11-12-13-14-15-16-17-18-19-20-21-25(30)28-23(26(31)32)22-24(27)29/h23H,2-22H2,1H3,(H2,27,29)(H,28,30)(H,31,32)/t23-/m0/s1. The molecule has 0 aromatic rings. The first kappa shape index (κ1) is 30.4. The maximum absolute atomic E-state index is 11.8. The second-order valence-corrected chi connectivity index (χ2v) is 9.24. The molecule has 0 bridgehead atoms. The smallest absolute Gasteiger partial charge is 0.326 e. The molecule has 0 saturated carbocycles. The minimum atomic E-state index is -1.23. The van der Waals surface area contributed by atoms with Crippen molar-refractivity contribution >= 4 is 17.8 Å². The molecule has 0 spiro atoms. The molecule has 32 heavy (non-hydrogen) atoms. The van der Waals surface area contributed by atoms with Gasteiger partial charge in [0.2, 0.25) is 11.8 Å². The lowest BCUT2D eigenvalue weighted by Crippen LogP contribution is -2.43. The zero-order chi connectivity index (χ0) is 23.9. The van der Waals surface area contributed by atoms with Crippen molar-refractivity contribution in [2.24, 2.45) is 5.73 Å². The summed E-state index contributed by atoms with van der Waals surface area (Å²) in [7, 11) is 0. The zero-order valence-electron chi connectivity index (χ0n) is 20.7. The van der Waals surface area contributed by atoms with Crippen molar-refractivity contribution in [1.29, 1.82) is 0 Å². The highest BCUT2D eigenvalue weighted by molar-refractivity contribution is 5.88. The van der Waals surface area contributed by atoms with Gasteiger partial charge in [0.05, 0.1) is 6.42 Å². The highest BCUT2D eigenvalue weighted by atomic mass is 16.4. The Hall–Kier alpha value is -1.59. The zero-order valence-corrected chi connectivity index (χ0v) is 20.7. The van der Waals surface area contributed by atoms with E-state index in [-0.39, 0.29) is 12.3 Å². The molecule has 0 aliphatic heterocycles. The summed E-state index contributed by atoms with van der Waals surface area (Å²) in [4.78, 5) is 33.6. The largest absolute Gasteiger partial charge is 0.480 e. The van der Waals surface area contributed by atoms with E-state index in [9.17, 15) is 14.4 Å². The number of aliphatic carboxylic acids is 1. The topological polar surface area (TPSA) is 109 Å². The van der Waals surface area contributed by atoms with E-state index in [0.717, 1.165) is 19.3 Å². The molecule has 0 heterocycles. The molecule has 0 rings (SSSR count). The highest BCUT2D eigenvalue weighted by Crippen LogP contribution is 2.14. The molecule has 0 aliphatic rings. The molecule has 188 valence electrons. The number of hydrogen-bond acceptors (Lipinski definition) is 3. The van der Waals surface area contributed by atoms with Crippen LogP contribution in [0.15, 0.2) is 0 Å². The van der Waals surface area contributed by atoms with Crippen LogP contribution in [0.25, 0.3) is 0 Å². The van der Waals surface area contributed by atoms with Crippen molar-refractivity contribution in [1.82, 2.24) is 5.32 Å². The van der Waals surface area contributed by atoms with E-state index in [2.05, 4.69) is 12.2 Å². The van der Waals surface area contributed by atoms with Gasteiger partial charge in [-0.05, 0) is 6.42 Å². The second kappa shape index (κ2) is 22.6. The summed E-state index contributed by atoms with van der Waals surface area (Å²) in [5.41, 5.74) is 5.00. The minimum Gasteiger partial charge on any atom is -0.480 e. The fraction of sp³-hybridized carbons (Fsp3) is 0.885. The van der Waals surface area contributed by atoms with Crippen LogP contribution in [0.3, 0.4) is 0 Å². The third-order valence-electron chi connectivity index (χ3n) is 6.05. The fourth-order valence-electron chi connectivity index (χ4n) is 4.03. The Morgan fingerprint density at radius 3 is 1.31 bits per heavy atom. The molecule has 1 atom stereocenters. The van der Waals surface area contributed by atoms with Crippen LogP contribution in [-0.4, -0.2) is 28.9 Å². The number of rotatable bonds is 24. The van der Waals surface area contributed by atoms with Crippen molar-refractivity contribution < 1.29 is 19.5 Å². The summed E-state index contributed by atoms with van der Waals surface area (Å²) in [6, 6.07) is -1.22. The van der Waals surface area contributed by atoms with Gasteiger partial charge in [0, 0.05) is 6.42 Å². The Bertz CT molecular complexity index is 482. The van der Waals surface area contributed by atoms with Crippen molar-refractivity contribution in [3.8, 4) is 0 Å². The summed E-state index contributed by atoms with van der Waals surface area (Å²) in [5.74, 6) is -2.29. The van der Waals surface area contributed by atoms with E-state index < -0.39 is 17.9 Å². The first-order chi connectivity index (χ1) is 15.5. The molecule has 0 radical (unpaired) electrons. The average Bonchev–Trinajstić information content (AvgIpc) is 2.74. The lowest BCUT2D eigenvalue weighted by Gasteiger charge is -2.12. The number of carbonyl (C=O) groups is 3. The third-order valence-corrected chi connectivity index (χ3v) is 6.05. The molecule has 6 nitrogen and oxygen atoms in total. The minimum absolute atomic E-state index is 0.293. The van der Waals surface area contributed by atoms with Gasteiger partial charge in [-0.3, -0.25) is 9.59 Å². The Labute approximate surface area is 196 Å². The normalized spacial score (nSPS) is 11.9. The summed E-state index contributed by atoms with van der Waals surface area (Å²) in [5, 5.41) is 11.4. The molecule has 6 heteroatoms. The number of primary amides is 1. The summed E-state index contributed by atoms with van der Waals surface area (Å²) >= 11 is 0. The predicted octanol–water partition coefficient (Wildman–Crippen LogP) is 6.25. The number of amides is 2. The lowest BCUT2D eigenvalue weighted by atomic mass is 10.0. The van der Waals surface area contributed by atoms with E-state index in [1.807, 2.05) is 0 Å². The van der Waals surface area contributed by atoms with Gasteiger partial charge in [-0.15, -0.1) is 0 Å². The maximum Gasteiger partial charge on any atom is 0.326 e. The monoisotopic (exact) mass is 454 g/mol. The highest BCUT2D eigenvalue weighted by Gasteiger charge is 2.21. The number of carboxylic acid groups (broad SMARTS) is 1. The van der Waals surface area contributed by atoms with Gasteiger partial charge < -0.3 is 16.2 Å². The van der Waals surface area contributed by atoms with Gasteiger partial charge in [0.1, 0.15) is 6.04 Å². The Morgan fingerprint density at radius 2 is 1.00 bits per heavy atom. The van der Waals surface area contributed by atoms with Crippen LogP contribution in [-0.2, 0) is 14.4 Å². The third kappa shape index (κ3) is 21.6. The van der Waals surface area contributed by atoms with Crippen molar-refractivity contribution in [3.63, 3.8) is 0 Å². The number of nitrogens with one attached hydrogen (secondary N) is 1. The molecule has 0 saturated heterocycles. The molecular formula is C26H50N2O4. The Balaban J connectivity index is 3.33. The van der Waals surface area contributed by atoms with Crippen LogP contribution in [0.1, 0.15) is 142 Å². The first-order valence-electron chi connectivity index (χ1n) is 13.3. The van der Waals surface area contributed by atoms with Gasteiger partial charge in [-0.2, -0.15) is 0 Å². The number of hydrogen-bond donors (Lipinski definition) is 3. The van der Waals surface area contributed by atoms with Crippen molar-refractivity contribution in [2.75, 3.05) is 0 Å².